The van der Waals surface area contributed by atoms with Gasteiger partial charge in [-0.15, -0.1) is 0 Å². The number of rotatable bonds is 15. The summed E-state index contributed by atoms with van der Waals surface area (Å²) < 4.78 is 25.6. The van der Waals surface area contributed by atoms with E-state index in [4.69, 9.17) is 11.6 Å². The van der Waals surface area contributed by atoms with Gasteiger partial charge >= 0.3 is 0 Å². The van der Waals surface area contributed by atoms with E-state index in [9.17, 15) is 13.2 Å². The van der Waals surface area contributed by atoms with Crippen LogP contribution in [0, 0.1) is 0 Å². The molecule has 0 bridgehead atoms. The van der Waals surface area contributed by atoms with Crippen LogP contribution in [0.3, 0.4) is 0 Å². The summed E-state index contributed by atoms with van der Waals surface area (Å²) in [5.41, 5.74) is 0. The first kappa shape index (κ1) is 20.9. The summed E-state index contributed by atoms with van der Waals surface area (Å²) in [5.74, 6) is 0.139. The number of nitrogens with one attached hydrogen (secondary N) is 1. The van der Waals surface area contributed by atoms with Gasteiger partial charge in [-0.25, -0.2) is 13.1 Å². The van der Waals surface area contributed by atoms with Crippen molar-refractivity contribution in [3.63, 3.8) is 0 Å². The van der Waals surface area contributed by atoms with Crippen LogP contribution in [0.5, 0.6) is 0 Å². The fourth-order valence-corrected chi connectivity index (χ4v) is 3.39. The molecule has 0 saturated heterocycles. The molecule has 0 aromatic rings. The van der Waals surface area contributed by atoms with E-state index in [0.717, 1.165) is 12.8 Å². The molecule has 0 amide bonds. The summed E-state index contributed by atoms with van der Waals surface area (Å²) >= 11 is 5.15. The van der Waals surface area contributed by atoms with E-state index >= 15 is 0 Å². The molecule has 6 heteroatoms. The van der Waals surface area contributed by atoms with Crippen LogP contribution in [0.4, 0.5) is 0 Å². The summed E-state index contributed by atoms with van der Waals surface area (Å²) in [7, 11) is -3.25. The van der Waals surface area contributed by atoms with Crippen molar-refractivity contribution in [2.45, 2.75) is 77.6 Å². The van der Waals surface area contributed by atoms with Crippen molar-refractivity contribution < 1.29 is 13.2 Å². The predicted molar refractivity (Wildman–Crippen MR) is 89.1 cm³/mol. The Hall–Kier alpha value is -0.130. The third kappa shape index (κ3) is 16.1. The van der Waals surface area contributed by atoms with Crippen molar-refractivity contribution in [3.8, 4) is 0 Å². The van der Waals surface area contributed by atoms with Crippen LogP contribution in [-0.2, 0) is 14.8 Å². The fourth-order valence-electron chi connectivity index (χ4n) is 2.16. The van der Waals surface area contributed by atoms with Crippen molar-refractivity contribution >= 4 is 26.9 Å². The highest BCUT2D eigenvalue weighted by molar-refractivity contribution is 7.89. The van der Waals surface area contributed by atoms with Crippen LogP contribution in [0.25, 0.3) is 0 Å². The maximum atomic E-state index is 11.6. The molecule has 0 unspecified atom stereocenters. The molecule has 0 heterocycles. The number of halogens is 1. The molecule has 4 nitrogen and oxygen atoms in total. The molecule has 0 rings (SSSR count). The molecule has 0 radical (unpaired) electrons. The Bertz CT molecular complexity index is 358. The monoisotopic (exact) mass is 339 g/mol. The molecular formula is C15H30ClNO3S. The van der Waals surface area contributed by atoms with Crippen LogP contribution in [0.15, 0.2) is 0 Å². The number of unbranched alkanes of at least 4 members (excludes halogenated alkanes) is 9. The second-order valence-corrected chi connectivity index (χ2v) is 7.85. The first-order chi connectivity index (χ1) is 9.98. The highest BCUT2D eigenvalue weighted by Crippen LogP contribution is 2.10. The van der Waals surface area contributed by atoms with E-state index in [2.05, 4.69) is 11.6 Å². The van der Waals surface area contributed by atoms with Crippen molar-refractivity contribution in [2.75, 3.05) is 12.3 Å². The van der Waals surface area contributed by atoms with Gasteiger partial charge in [0.1, 0.15) is 0 Å². The molecule has 0 aliphatic carbocycles. The zero-order valence-electron chi connectivity index (χ0n) is 13.2. The van der Waals surface area contributed by atoms with E-state index < -0.39 is 15.3 Å². The number of carbonyl (C=O) groups is 1. The molecule has 0 aromatic carbocycles. The van der Waals surface area contributed by atoms with Crippen molar-refractivity contribution in [1.29, 1.82) is 0 Å². The minimum absolute atomic E-state index is 0.0405. The van der Waals surface area contributed by atoms with E-state index in [1.807, 2.05) is 0 Å². The van der Waals surface area contributed by atoms with Crippen molar-refractivity contribution in [2.24, 2.45) is 0 Å². The lowest BCUT2D eigenvalue weighted by molar-refractivity contribution is -0.111. The van der Waals surface area contributed by atoms with Gasteiger partial charge in [-0.3, -0.25) is 4.79 Å². The zero-order valence-corrected chi connectivity index (χ0v) is 14.8. The maximum Gasteiger partial charge on any atom is 0.222 e. The second-order valence-electron chi connectivity index (χ2n) is 5.50. The Morgan fingerprint density at radius 2 is 1.38 bits per heavy atom. The molecule has 0 aliphatic rings. The summed E-state index contributed by atoms with van der Waals surface area (Å²) in [4.78, 5) is 10.5. The molecule has 21 heavy (non-hydrogen) atoms. The van der Waals surface area contributed by atoms with Crippen LogP contribution in [-0.4, -0.2) is 26.0 Å². The molecule has 0 atom stereocenters. The Labute approximate surface area is 135 Å². The zero-order chi connectivity index (χ0) is 16.0. The highest BCUT2D eigenvalue weighted by atomic mass is 35.5. The summed E-state index contributed by atoms with van der Waals surface area (Å²) in [6.45, 7) is 2.32. The molecule has 0 saturated carbocycles. The van der Waals surface area contributed by atoms with Gasteiger partial charge in [0.15, 0.2) is 0 Å². The quantitative estimate of drug-likeness (QED) is 0.362. The van der Waals surface area contributed by atoms with Crippen LogP contribution >= 0.6 is 11.6 Å². The molecule has 0 aromatic heterocycles. The number of sulfonamides is 1. The molecular weight excluding hydrogens is 310 g/mol. The van der Waals surface area contributed by atoms with Crippen LogP contribution in [0.2, 0.25) is 0 Å². The fraction of sp³-hybridized carbons (Fsp3) is 0.933. The largest absolute Gasteiger partial charge is 0.281 e. The lowest BCUT2D eigenvalue weighted by Crippen LogP contribution is -2.28. The number of carbonyl (C=O) groups excluding carboxylic acids is 1. The normalized spacial score (nSPS) is 11.7. The van der Waals surface area contributed by atoms with E-state index in [1.165, 1.54) is 44.9 Å². The third-order valence-electron chi connectivity index (χ3n) is 3.41. The standard InChI is InChI=1S/C15H30ClNO3S/c1-2-3-4-5-6-7-8-9-10-11-14-21(19,20)17-13-12-15(16)18/h17H,2-14H2,1H3. The van der Waals surface area contributed by atoms with Gasteiger partial charge in [0.05, 0.1) is 5.75 Å². The minimum Gasteiger partial charge on any atom is -0.281 e. The maximum absolute atomic E-state index is 11.6. The number of hydrogen-bond donors (Lipinski definition) is 1. The second kappa shape index (κ2) is 13.5. The highest BCUT2D eigenvalue weighted by Gasteiger charge is 2.09. The summed E-state index contributed by atoms with van der Waals surface area (Å²) in [6.07, 6.45) is 11.8. The lowest BCUT2D eigenvalue weighted by Gasteiger charge is -2.05. The van der Waals surface area contributed by atoms with Gasteiger partial charge in [-0.05, 0) is 18.0 Å². The van der Waals surface area contributed by atoms with Gasteiger partial charge in [-0.2, -0.15) is 0 Å². The smallest absolute Gasteiger partial charge is 0.222 e. The van der Waals surface area contributed by atoms with Gasteiger partial charge in [0, 0.05) is 13.0 Å². The first-order valence-electron chi connectivity index (χ1n) is 8.13. The summed E-state index contributed by atoms with van der Waals surface area (Å²) in [6, 6.07) is 0. The first-order valence-corrected chi connectivity index (χ1v) is 10.2. The minimum atomic E-state index is -3.25. The molecule has 0 fully saturated rings. The Balaban J connectivity index is 3.38. The molecule has 0 aliphatic heterocycles. The molecule has 1 N–H and O–H groups in total. The van der Waals surface area contributed by atoms with Crippen LogP contribution in [0.1, 0.15) is 77.6 Å². The average molecular weight is 340 g/mol. The van der Waals surface area contributed by atoms with Crippen molar-refractivity contribution in [3.05, 3.63) is 0 Å². The van der Waals surface area contributed by atoms with Crippen LogP contribution < -0.4 is 4.72 Å². The van der Waals surface area contributed by atoms with Crippen molar-refractivity contribution in [1.82, 2.24) is 4.72 Å². The topological polar surface area (TPSA) is 63.2 Å². The third-order valence-corrected chi connectivity index (χ3v) is 5.07. The lowest BCUT2D eigenvalue weighted by atomic mass is 10.1. The average Bonchev–Trinajstić information content (AvgIpc) is 2.40. The van der Waals surface area contributed by atoms with E-state index in [-0.39, 0.29) is 18.7 Å². The SMILES string of the molecule is CCCCCCCCCCCCS(=O)(=O)NCCC(=O)Cl. The number of hydrogen-bond acceptors (Lipinski definition) is 3. The Morgan fingerprint density at radius 1 is 0.905 bits per heavy atom. The van der Waals surface area contributed by atoms with E-state index in [1.54, 1.807) is 0 Å². The Kier molecular flexibility index (Phi) is 13.4. The van der Waals surface area contributed by atoms with E-state index in [0.29, 0.717) is 6.42 Å². The van der Waals surface area contributed by atoms with Gasteiger partial charge in [0.25, 0.3) is 0 Å². The predicted octanol–water partition coefficient (Wildman–Crippen LogP) is 3.98. The molecule has 126 valence electrons. The van der Waals surface area contributed by atoms with Gasteiger partial charge in [-0.1, -0.05) is 64.7 Å². The Morgan fingerprint density at radius 3 is 1.86 bits per heavy atom. The van der Waals surface area contributed by atoms with Gasteiger partial charge < -0.3 is 0 Å². The summed E-state index contributed by atoms with van der Waals surface area (Å²) in [5, 5.41) is -0.517. The van der Waals surface area contributed by atoms with Gasteiger partial charge in [0.2, 0.25) is 15.3 Å². The molecule has 0 spiro atoms.